The Labute approximate surface area is 159 Å². The topological polar surface area (TPSA) is 46.6 Å². The summed E-state index contributed by atoms with van der Waals surface area (Å²) in [5.41, 5.74) is 4.62. The largest absolute Gasteiger partial charge is 0.493 e. The van der Waals surface area contributed by atoms with Gasteiger partial charge in [0.15, 0.2) is 11.5 Å². The lowest BCUT2D eigenvalue weighted by molar-refractivity contribution is 0.243. The average Bonchev–Trinajstić information content (AvgIpc) is 3.31. The molecule has 1 aromatic carbocycles. The number of rotatable bonds is 7. The average molecular weight is 373 g/mol. The van der Waals surface area contributed by atoms with Gasteiger partial charge in [0.1, 0.15) is 6.17 Å². The van der Waals surface area contributed by atoms with E-state index in [-0.39, 0.29) is 0 Å². The van der Waals surface area contributed by atoms with Crippen molar-refractivity contribution in [2.75, 3.05) is 45.7 Å². The van der Waals surface area contributed by atoms with Crippen LogP contribution in [0, 0.1) is 0 Å². The van der Waals surface area contributed by atoms with Gasteiger partial charge in [-0.15, -0.1) is 0 Å². The number of pyridine rings is 1. The van der Waals surface area contributed by atoms with E-state index in [0.717, 1.165) is 66.9 Å². The van der Waals surface area contributed by atoms with Gasteiger partial charge >= 0.3 is 0 Å². The van der Waals surface area contributed by atoms with Crippen molar-refractivity contribution in [1.82, 2.24) is 9.88 Å². The second-order valence-corrected chi connectivity index (χ2v) is 7.42. The minimum absolute atomic E-state index is 0.557. The van der Waals surface area contributed by atoms with Crippen LogP contribution in [-0.4, -0.2) is 56.5 Å². The van der Waals surface area contributed by atoms with Crippen LogP contribution >= 0.6 is 0 Å². The van der Waals surface area contributed by atoms with Gasteiger partial charge in [0.25, 0.3) is 0 Å². The SMILES string of the molecule is CNc1c2c(nc3cc(OCCCN4CC[C@H](F)C4)c(OC)cc13)CCC2. The number of alkyl halides is 1. The highest BCUT2D eigenvalue weighted by atomic mass is 19.1. The van der Waals surface area contributed by atoms with Gasteiger partial charge in [0.2, 0.25) is 0 Å². The normalized spacial score (nSPS) is 19.4. The van der Waals surface area contributed by atoms with Gasteiger partial charge in [-0.2, -0.15) is 0 Å². The molecule has 27 heavy (non-hydrogen) atoms. The standard InChI is InChI=1S/C21H28FN3O2/c1-23-21-15-5-3-6-17(15)24-18-12-20(19(26-2)11-16(18)21)27-10-4-8-25-9-7-14(22)13-25/h11-12,14H,3-10,13H2,1-2H3,(H,23,24)/t14-/m0/s1. The Morgan fingerprint density at radius 2 is 2.19 bits per heavy atom. The van der Waals surface area contributed by atoms with E-state index in [1.165, 1.54) is 11.3 Å². The number of methoxy groups -OCH3 is 1. The van der Waals surface area contributed by atoms with Crippen LogP contribution < -0.4 is 14.8 Å². The van der Waals surface area contributed by atoms with Gasteiger partial charge in [-0.3, -0.25) is 4.98 Å². The Hall–Kier alpha value is -2.08. The third kappa shape index (κ3) is 3.68. The van der Waals surface area contributed by atoms with Gasteiger partial charge in [0.05, 0.1) is 19.2 Å². The van der Waals surface area contributed by atoms with E-state index in [1.807, 2.05) is 19.2 Å². The predicted octanol–water partition coefficient (Wildman–Crippen LogP) is 3.59. The Kier molecular flexibility index (Phi) is 5.34. The first-order chi connectivity index (χ1) is 13.2. The number of ether oxygens (including phenoxy) is 2. The molecular weight excluding hydrogens is 345 g/mol. The van der Waals surface area contributed by atoms with Crippen LogP contribution in [0.5, 0.6) is 11.5 Å². The number of fused-ring (bicyclic) bond motifs is 2. The van der Waals surface area contributed by atoms with Gasteiger partial charge in [0, 0.05) is 49.5 Å². The summed E-state index contributed by atoms with van der Waals surface area (Å²) >= 11 is 0. The fraction of sp³-hybridized carbons (Fsp3) is 0.571. The number of nitrogens with one attached hydrogen (secondary N) is 1. The van der Waals surface area contributed by atoms with E-state index in [2.05, 4.69) is 10.2 Å². The zero-order chi connectivity index (χ0) is 18.8. The van der Waals surface area contributed by atoms with Crippen LogP contribution in [0.1, 0.15) is 30.5 Å². The van der Waals surface area contributed by atoms with E-state index < -0.39 is 6.17 Å². The molecule has 1 aliphatic heterocycles. The first-order valence-electron chi connectivity index (χ1n) is 9.90. The van der Waals surface area contributed by atoms with Crippen molar-refractivity contribution in [1.29, 1.82) is 0 Å². The molecule has 1 fully saturated rings. The van der Waals surface area contributed by atoms with Crippen molar-refractivity contribution < 1.29 is 13.9 Å². The minimum atomic E-state index is -0.666. The van der Waals surface area contributed by atoms with Crippen LogP contribution in [0.3, 0.4) is 0 Å². The molecule has 4 rings (SSSR count). The van der Waals surface area contributed by atoms with Crippen molar-refractivity contribution in [2.24, 2.45) is 0 Å². The van der Waals surface area contributed by atoms with Gasteiger partial charge in [-0.25, -0.2) is 4.39 Å². The lowest BCUT2D eigenvalue weighted by Crippen LogP contribution is -2.23. The van der Waals surface area contributed by atoms with Crippen LogP contribution in [0.15, 0.2) is 12.1 Å². The quantitative estimate of drug-likeness (QED) is 0.752. The Morgan fingerprint density at radius 1 is 1.30 bits per heavy atom. The molecule has 0 amide bonds. The number of hydrogen-bond acceptors (Lipinski definition) is 5. The maximum atomic E-state index is 13.2. The number of halogens is 1. The summed E-state index contributed by atoms with van der Waals surface area (Å²) in [6.07, 6.45) is 4.12. The predicted molar refractivity (Wildman–Crippen MR) is 106 cm³/mol. The molecule has 1 N–H and O–H groups in total. The molecule has 0 saturated carbocycles. The fourth-order valence-corrected chi connectivity index (χ4v) is 4.29. The Balaban J connectivity index is 1.51. The van der Waals surface area contributed by atoms with Crippen molar-refractivity contribution in [3.05, 3.63) is 23.4 Å². The second-order valence-electron chi connectivity index (χ2n) is 7.42. The molecule has 1 aromatic heterocycles. The number of aromatic nitrogens is 1. The molecule has 0 unspecified atom stereocenters. The third-order valence-corrected chi connectivity index (χ3v) is 5.64. The van der Waals surface area contributed by atoms with Crippen LogP contribution in [0.4, 0.5) is 10.1 Å². The molecule has 146 valence electrons. The highest BCUT2D eigenvalue weighted by Gasteiger charge is 2.22. The molecule has 0 radical (unpaired) electrons. The molecule has 5 nitrogen and oxygen atoms in total. The molecule has 2 aromatic rings. The van der Waals surface area contributed by atoms with E-state index >= 15 is 0 Å². The van der Waals surface area contributed by atoms with Crippen molar-refractivity contribution in [3.63, 3.8) is 0 Å². The van der Waals surface area contributed by atoms with Gasteiger partial charge in [-0.1, -0.05) is 0 Å². The third-order valence-electron chi connectivity index (χ3n) is 5.64. The summed E-state index contributed by atoms with van der Waals surface area (Å²) in [6.45, 7) is 2.86. The Morgan fingerprint density at radius 3 is 2.93 bits per heavy atom. The summed E-state index contributed by atoms with van der Waals surface area (Å²) in [7, 11) is 3.63. The van der Waals surface area contributed by atoms with E-state index in [4.69, 9.17) is 14.5 Å². The molecular formula is C21H28FN3O2. The maximum Gasteiger partial charge on any atom is 0.163 e. The van der Waals surface area contributed by atoms with Gasteiger partial charge in [-0.05, 0) is 43.7 Å². The zero-order valence-electron chi connectivity index (χ0n) is 16.2. The van der Waals surface area contributed by atoms with Crippen molar-refractivity contribution in [3.8, 4) is 11.5 Å². The van der Waals surface area contributed by atoms with Crippen LogP contribution in [0.25, 0.3) is 10.9 Å². The number of likely N-dealkylation sites (tertiary alicyclic amines) is 1. The van der Waals surface area contributed by atoms with Gasteiger partial charge < -0.3 is 19.7 Å². The molecule has 2 aliphatic rings. The highest BCUT2D eigenvalue weighted by Crippen LogP contribution is 2.39. The lowest BCUT2D eigenvalue weighted by atomic mass is 10.1. The zero-order valence-corrected chi connectivity index (χ0v) is 16.2. The van der Waals surface area contributed by atoms with Crippen molar-refractivity contribution in [2.45, 2.75) is 38.3 Å². The number of nitrogens with zero attached hydrogens (tertiary/aromatic N) is 2. The maximum absolute atomic E-state index is 13.2. The number of hydrogen-bond donors (Lipinski definition) is 1. The van der Waals surface area contributed by atoms with Crippen molar-refractivity contribution >= 4 is 16.6 Å². The van der Waals surface area contributed by atoms with E-state index in [1.54, 1.807) is 7.11 Å². The van der Waals surface area contributed by atoms with E-state index in [0.29, 0.717) is 19.6 Å². The monoisotopic (exact) mass is 373 g/mol. The summed E-state index contributed by atoms with van der Waals surface area (Å²) in [4.78, 5) is 7.04. The first-order valence-corrected chi connectivity index (χ1v) is 9.90. The molecule has 0 bridgehead atoms. The summed E-state index contributed by atoms with van der Waals surface area (Å²) in [6, 6.07) is 4.01. The molecule has 6 heteroatoms. The fourth-order valence-electron chi connectivity index (χ4n) is 4.29. The van der Waals surface area contributed by atoms with E-state index in [9.17, 15) is 4.39 Å². The smallest absolute Gasteiger partial charge is 0.163 e. The van der Waals surface area contributed by atoms with Crippen LogP contribution in [0.2, 0.25) is 0 Å². The number of benzene rings is 1. The summed E-state index contributed by atoms with van der Waals surface area (Å²) in [5.74, 6) is 1.45. The lowest BCUT2D eigenvalue weighted by Gasteiger charge is -2.17. The summed E-state index contributed by atoms with van der Waals surface area (Å²) < 4.78 is 24.8. The first kappa shape index (κ1) is 18.3. The molecule has 1 aliphatic carbocycles. The second kappa shape index (κ2) is 7.89. The number of anilines is 1. The number of aryl methyl sites for hydroxylation is 1. The molecule has 0 spiro atoms. The van der Waals surface area contributed by atoms with Crippen LogP contribution in [-0.2, 0) is 12.8 Å². The minimum Gasteiger partial charge on any atom is -0.493 e. The highest BCUT2D eigenvalue weighted by molar-refractivity contribution is 5.95. The molecule has 1 saturated heterocycles. The summed E-state index contributed by atoms with van der Waals surface area (Å²) in [5, 5.41) is 4.43. The molecule has 1 atom stereocenters. The Bertz CT molecular complexity index is 827. The molecule has 2 heterocycles.